The number of unbranched alkanes of at least 4 members (excludes halogenated alkanes) is 1. The molecule has 25 heavy (non-hydrogen) atoms. The zero-order valence-corrected chi connectivity index (χ0v) is 16.6. The molecule has 0 spiro atoms. The zero-order valence-electron chi connectivity index (χ0n) is 15.8. The Balaban J connectivity index is 3.34. The summed E-state index contributed by atoms with van der Waals surface area (Å²) in [6.45, 7) is 10.7. The predicted molar refractivity (Wildman–Crippen MR) is 115 cm³/mol. The second kappa shape index (κ2) is 12.3. The van der Waals surface area contributed by atoms with Gasteiger partial charge >= 0.3 is 0 Å². The van der Waals surface area contributed by atoms with Crippen LogP contribution in [-0.4, -0.2) is 25.4 Å². The number of hydrogen-bond acceptors (Lipinski definition) is 3. The van der Waals surface area contributed by atoms with E-state index in [1.807, 2.05) is 37.1 Å². The summed E-state index contributed by atoms with van der Waals surface area (Å²) in [6.07, 6.45) is 14.4. The maximum atomic E-state index is 4.83. The van der Waals surface area contributed by atoms with Gasteiger partial charge < -0.3 is 0 Å². The van der Waals surface area contributed by atoms with E-state index in [0.29, 0.717) is 0 Å². The minimum absolute atomic E-state index is 0.769. The first-order chi connectivity index (χ1) is 12.2. The molecule has 0 unspecified atom stereocenters. The van der Waals surface area contributed by atoms with Crippen molar-refractivity contribution < 1.29 is 0 Å². The molecule has 0 fully saturated rings. The van der Waals surface area contributed by atoms with E-state index in [2.05, 4.69) is 61.4 Å². The largest absolute Gasteiger partial charge is 0.266 e. The highest BCUT2D eigenvalue weighted by atomic mass is 32.2. The number of amidine groups is 1. The van der Waals surface area contributed by atoms with Gasteiger partial charge in [0.25, 0.3) is 0 Å². The van der Waals surface area contributed by atoms with E-state index in [1.54, 1.807) is 11.8 Å². The minimum Gasteiger partial charge on any atom is -0.266 e. The van der Waals surface area contributed by atoms with E-state index in [0.717, 1.165) is 36.5 Å². The summed E-state index contributed by atoms with van der Waals surface area (Å²) in [5, 5.41) is 6.07. The fraction of sp³-hybridized carbons (Fsp3) is 0.333. The predicted octanol–water partition coefficient (Wildman–Crippen LogP) is 6.11. The first kappa shape index (κ1) is 21.0. The number of nitrogens with zero attached hydrogens (tertiary/aromatic N) is 3. The van der Waals surface area contributed by atoms with Gasteiger partial charge in [0.2, 0.25) is 0 Å². The standard InChI is InChI=1S/C21H29N3S/c1-6-9-12-18(11-8-3)21(23-17-10-7-2)24(22-4)19-13-15-20(25-5)16-14-19/h6,8-9,11-16H,4,7,10,17H2,1-3,5H3/b9-6-,11-8-,18-12+,23-21?. The molecule has 4 heteroatoms. The Kier molecular flexibility index (Phi) is 10.3. The van der Waals surface area contributed by atoms with Crippen LogP contribution in [0.4, 0.5) is 5.69 Å². The summed E-state index contributed by atoms with van der Waals surface area (Å²) < 4.78 is 0. The van der Waals surface area contributed by atoms with Crippen molar-refractivity contribution in [1.29, 1.82) is 0 Å². The Hall–Kier alpha value is -2.07. The van der Waals surface area contributed by atoms with Gasteiger partial charge in [-0.05, 0) is 50.8 Å². The molecule has 3 nitrogen and oxygen atoms in total. The van der Waals surface area contributed by atoms with Crippen LogP contribution < -0.4 is 5.01 Å². The van der Waals surface area contributed by atoms with Crippen LogP contribution in [0.25, 0.3) is 0 Å². The highest BCUT2D eigenvalue weighted by Crippen LogP contribution is 2.23. The van der Waals surface area contributed by atoms with Gasteiger partial charge in [0.1, 0.15) is 0 Å². The third-order valence-electron chi connectivity index (χ3n) is 3.50. The Labute approximate surface area is 156 Å². The number of aliphatic imine (C=N–C) groups is 1. The molecule has 0 saturated heterocycles. The smallest absolute Gasteiger partial charge is 0.156 e. The number of benzene rings is 1. The second-order valence-corrected chi connectivity index (χ2v) is 6.24. The molecule has 0 atom stereocenters. The molecule has 0 aliphatic heterocycles. The van der Waals surface area contributed by atoms with E-state index in [-0.39, 0.29) is 0 Å². The van der Waals surface area contributed by atoms with Crippen LogP contribution in [0, 0.1) is 0 Å². The van der Waals surface area contributed by atoms with Crippen molar-refractivity contribution in [3.05, 3.63) is 60.2 Å². The molecule has 1 aromatic carbocycles. The van der Waals surface area contributed by atoms with Gasteiger partial charge in [-0.15, -0.1) is 11.8 Å². The monoisotopic (exact) mass is 355 g/mol. The summed E-state index contributed by atoms with van der Waals surface area (Å²) in [5.41, 5.74) is 1.97. The summed E-state index contributed by atoms with van der Waals surface area (Å²) in [6, 6.07) is 8.29. The molecule has 0 amide bonds. The van der Waals surface area contributed by atoms with Gasteiger partial charge in [-0.2, -0.15) is 5.10 Å². The Morgan fingerprint density at radius 3 is 2.44 bits per heavy atom. The lowest BCUT2D eigenvalue weighted by molar-refractivity contribution is 0.805. The summed E-state index contributed by atoms with van der Waals surface area (Å²) in [7, 11) is 0. The third-order valence-corrected chi connectivity index (χ3v) is 4.25. The lowest BCUT2D eigenvalue weighted by atomic mass is 10.1. The Bertz CT molecular complexity index is 640. The quantitative estimate of drug-likeness (QED) is 0.133. The average Bonchev–Trinajstić information content (AvgIpc) is 2.65. The Morgan fingerprint density at radius 2 is 1.92 bits per heavy atom. The van der Waals surface area contributed by atoms with Crippen molar-refractivity contribution in [2.75, 3.05) is 17.8 Å². The maximum Gasteiger partial charge on any atom is 0.156 e. The van der Waals surface area contributed by atoms with Crippen molar-refractivity contribution in [1.82, 2.24) is 0 Å². The normalized spacial score (nSPS) is 13.0. The SMILES string of the molecule is C=NN(C(=NCCCC)C(/C=C\C)=C/C=C\C)c1ccc(SC)cc1. The van der Waals surface area contributed by atoms with Gasteiger partial charge in [0.15, 0.2) is 5.84 Å². The lowest BCUT2D eigenvalue weighted by Crippen LogP contribution is -2.27. The molecule has 0 radical (unpaired) electrons. The molecule has 0 saturated carbocycles. The molecule has 0 aliphatic rings. The number of anilines is 1. The highest BCUT2D eigenvalue weighted by Gasteiger charge is 2.15. The number of thioether (sulfide) groups is 1. The topological polar surface area (TPSA) is 28.0 Å². The van der Waals surface area contributed by atoms with Crippen LogP contribution in [0.15, 0.2) is 75.2 Å². The van der Waals surface area contributed by atoms with E-state index < -0.39 is 0 Å². The van der Waals surface area contributed by atoms with Crippen LogP contribution in [0.3, 0.4) is 0 Å². The van der Waals surface area contributed by atoms with Gasteiger partial charge in [0, 0.05) is 23.7 Å². The summed E-state index contributed by atoms with van der Waals surface area (Å²) in [5.74, 6) is 0.816. The molecule has 0 bridgehead atoms. The number of hydrogen-bond donors (Lipinski definition) is 0. The van der Waals surface area contributed by atoms with E-state index in [1.165, 1.54) is 4.90 Å². The molecule has 0 N–H and O–H groups in total. The van der Waals surface area contributed by atoms with Crippen molar-refractivity contribution in [3.63, 3.8) is 0 Å². The first-order valence-electron chi connectivity index (χ1n) is 8.63. The Morgan fingerprint density at radius 1 is 1.20 bits per heavy atom. The fourth-order valence-corrected chi connectivity index (χ4v) is 2.61. The number of rotatable bonds is 9. The lowest BCUT2D eigenvalue weighted by Gasteiger charge is -2.22. The zero-order chi connectivity index (χ0) is 18.5. The summed E-state index contributed by atoms with van der Waals surface area (Å²) >= 11 is 1.72. The van der Waals surface area contributed by atoms with Crippen molar-refractivity contribution in [3.8, 4) is 0 Å². The van der Waals surface area contributed by atoms with Crippen LogP contribution in [0.2, 0.25) is 0 Å². The molecular weight excluding hydrogens is 326 g/mol. The number of hydrazone groups is 1. The van der Waals surface area contributed by atoms with Gasteiger partial charge in [-0.1, -0.05) is 43.7 Å². The van der Waals surface area contributed by atoms with E-state index >= 15 is 0 Å². The second-order valence-electron chi connectivity index (χ2n) is 5.36. The average molecular weight is 356 g/mol. The number of allylic oxidation sites excluding steroid dienone is 4. The minimum atomic E-state index is 0.769. The van der Waals surface area contributed by atoms with Crippen LogP contribution in [0.1, 0.15) is 33.6 Å². The van der Waals surface area contributed by atoms with Gasteiger partial charge in [0.05, 0.1) is 5.69 Å². The third kappa shape index (κ3) is 6.75. The summed E-state index contributed by atoms with van der Waals surface area (Å²) in [4.78, 5) is 6.04. The van der Waals surface area contributed by atoms with E-state index in [4.69, 9.17) is 4.99 Å². The van der Waals surface area contributed by atoms with Crippen LogP contribution >= 0.6 is 11.8 Å². The maximum absolute atomic E-state index is 4.83. The molecule has 0 aromatic heterocycles. The van der Waals surface area contributed by atoms with Gasteiger partial charge in [-0.25, -0.2) is 5.01 Å². The molecule has 134 valence electrons. The molecule has 0 aliphatic carbocycles. The van der Waals surface area contributed by atoms with Gasteiger partial charge in [-0.3, -0.25) is 4.99 Å². The highest BCUT2D eigenvalue weighted by molar-refractivity contribution is 7.98. The fourth-order valence-electron chi connectivity index (χ4n) is 2.20. The van der Waals surface area contributed by atoms with Crippen LogP contribution in [-0.2, 0) is 0 Å². The van der Waals surface area contributed by atoms with E-state index in [9.17, 15) is 0 Å². The first-order valence-corrected chi connectivity index (χ1v) is 9.85. The van der Waals surface area contributed by atoms with Crippen molar-refractivity contribution >= 4 is 30.0 Å². The van der Waals surface area contributed by atoms with Crippen molar-refractivity contribution in [2.45, 2.75) is 38.5 Å². The van der Waals surface area contributed by atoms with Crippen molar-refractivity contribution in [2.24, 2.45) is 10.1 Å². The molecule has 1 rings (SSSR count). The molecule has 0 heterocycles. The molecule has 1 aromatic rings. The molecular formula is C21H29N3S. The van der Waals surface area contributed by atoms with Crippen LogP contribution in [0.5, 0.6) is 0 Å².